The van der Waals surface area contributed by atoms with Crippen LogP contribution in [0.25, 0.3) is 0 Å². The van der Waals surface area contributed by atoms with Crippen LogP contribution in [0.15, 0.2) is 0 Å². The van der Waals surface area contributed by atoms with Crippen LogP contribution in [0.1, 0.15) is 40.5 Å². The Bertz CT molecular complexity index is 177. The van der Waals surface area contributed by atoms with Gasteiger partial charge in [-0.2, -0.15) is 0 Å². The van der Waals surface area contributed by atoms with E-state index in [2.05, 4.69) is 0 Å². The summed E-state index contributed by atoms with van der Waals surface area (Å²) in [6.07, 6.45) is 1.29. The topological polar surface area (TPSA) is 58.9 Å². The summed E-state index contributed by atoms with van der Waals surface area (Å²) in [7, 11) is 3.16. The molecule has 15 heavy (non-hydrogen) atoms. The van der Waals surface area contributed by atoms with Gasteiger partial charge in [0.15, 0.2) is 0 Å². The largest absolute Gasteiger partial charge is 0.485 e. The van der Waals surface area contributed by atoms with E-state index in [4.69, 9.17) is 19.4 Å². The van der Waals surface area contributed by atoms with Crippen molar-refractivity contribution in [2.75, 3.05) is 0 Å². The molecule has 4 nitrogen and oxygen atoms in total. The lowest BCUT2D eigenvalue weighted by Crippen LogP contribution is -2.45. The van der Waals surface area contributed by atoms with Crippen molar-refractivity contribution in [3.05, 3.63) is 0 Å². The molecule has 2 N–H and O–H groups in total. The smallest absolute Gasteiger partial charge is 0.452 e. The van der Waals surface area contributed by atoms with Crippen LogP contribution in [0.4, 0.5) is 0 Å². The first-order chi connectivity index (χ1) is 6.95. The molecule has 0 aliphatic heterocycles. The summed E-state index contributed by atoms with van der Waals surface area (Å²) in [5, 5.41) is 17.6. The summed E-state index contributed by atoms with van der Waals surface area (Å²) in [6, 6.07) is 0. The van der Waals surface area contributed by atoms with Crippen molar-refractivity contribution >= 4 is 22.6 Å². The highest BCUT2D eigenvalue weighted by molar-refractivity contribution is 6.37. The zero-order valence-electron chi connectivity index (χ0n) is 9.86. The molecule has 0 aromatic heterocycles. The Morgan fingerprint density at radius 1 is 1.00 bits per heavy atom. The van der Waals surface area contributed by atoms with Gasteiger partial charge in [-0.3, -0.25) is 0 Å². The van der Waals surface area contributed by atoms with Crippen LogP contribution in [-0.2, 0) is 9.31 Å². The lowest BCUT2D eigenvalue weighted by atomic mass is 9.68. The monoisotopic (exact) mass is 211 g/mol. The fourth-order valence-electron chi connectivity index (χ4n) is 0.779. The van der Waals surface area contributed by atoms with Crippen molar-refractivity contribution in [1.82, 2.24) is 0 Å². The van der Waals surface area contributed by atoms with Gasteiger partial charge in [0.25, 0.3) is 0 Å². The highest BCUT2D eigenvalue weighted by Crippen LogP contribution is 2.18. The van der Waals surface area contributed by atoms with Crippen molar-refractivity contribution in [1.29, 1.82) is 0 Å². The minimum atomic E-state index is -0.713. The third-order valence-electron chi connectivity index (χ3n) is 2.58. The molecule has 0 spiro atoms. The van der Waals surface area contributed by atoms with Crippen LogP contribution in [0.5, 0.6) is 0 Å². The van der Waals surface area contributed by atoms with Gasteiger partial charge in [-0.1, -0.05) is 13.8 Å². The predicted molar refractivity (Wildman–Crippen MR) is 61.3 cm³/mol. The van der Waals surface area contributed by atoms with Crippen LogP contribution >= 0.6 is 0 Å². The third kappa shape index (κ3) is 5.06. The highest BCUT2D eigenvalue weighted by Gasteiger charge is 2.32. The molecular formula is C8H18B3O4. The Hall–Kier alpha value is 0.0348. The van der Waals surface area contributed by atoms with Gasteiger partial charge in [0.1, 0.15) is 0 Å². The molecule has 3 radical (unpaired) electrons. The van der Waals surface area contributed by atoms with Crippen LogP contribution in [-0.4, -0.2) is 43.7 Å². The molecule has 2 unspecified atom stereocenters. The Kier molecular flexibility index (Phi) is 6.60. The van der Waals surface area contributed by atoms with Gasteiger partial charge in [0, 0.05) is 5.50 Å². The van der Waals surface area contributed by atoms with Gasteiger partial charge in [-0.15, -0.1) is 0 Å². The molecule has 83 valence electrons. The Labute approximate surface area is 94.2 Å². The van der Waals surface area contributed by atoms with Crippen molar-refractivity contribution in [2.24, 2.45) is 0 Å². The molecule has 0 saturated carbocycles. The lowest BCUT2D eigenvalue weighted by Gasteiger charge is -2.32. The predicted octanol–water partition coefficient (Wildman–Crippen LogP) is 0.0292. The SMILES string of the molecule is CCC(C)([B]O)O[B]C(C)(CC)O[B]O. The Balaban J connectivity index is 4.20. The minimum absolute atomic E-state index is 0.642. The van der Waals surface area contributed by atoms with E-state index in [-0.39, 0.29) is 0 Å². The summed E-state index contributed by atoms with van der Waals surface area (Å²) < 4.78 is 10.5. The fraction of sp³-hybridized carbons (Fsp3) is 1.00. The number of hydrogen-bond donors (Lipinski definition) is 2. The van der Waals surface area contributed by atoms with Crippen molar-refractivity contribution in [2.45, 2.75) is 51.5 Å². The Morgan fingerprint density at radius 3 is 1.87 bits per heavy atom. The second-order valence-corrected chi connectivity index (χ2v) is 3.92. The Morgan fingerprint density at radius 2 is 1.53 bits per heavy atom. The standard InChI is InChI=1S/C8H18B3O4/c1-5-7(3,9-12)14-10-8(4,6-2)15-11-13/h12-13H,5-6H2,1-4H3. The molecule has 0 aliphatic rings. The van der Waals surface area contributed by atoms with E-state index in [1.165, 1.54) is 7.48 Å². The normalized spacial score (nSPS) is 18.8. The molecule has 0 saturated heterocycles. The van der Waals surface area contributed by atoms with E-state index in [1.54, 1.807) is 13.8 Å². The van der Waals surface area contributed by atoms with E-state index >= 15 is 0 Å². The molecule has 0 aliphatic carbocycles. The molecule has 0 rings (SSSR count). The summed E-state index contributed by atoms with van der Waals surface area (Å²) in [5.74, 6) is 0. The van der Waals surface area contributed by atoms with Crippen LogP contribution in [0, 0.1) is 0 Å². The zero-order valence-corrected chi connectivity index (χ0v) is 9.86. The van der Waals surface area contributed by atoms with Gasteiger partial charge in [-0.05, 0) is 26.7 Å². The van der Waals surface area contributed by atoms with Crippen LogP contribution < -0.4 is 0 Å². The summed E-state index contributed by atoms with van der Waals surface area (Å²) in [4.78, 5) is 0. The molecule has 0 heterocycles. The maximum Gasteiger partial charge on any atom is 0.485 e. The van der Waals surface area contributed by atoms with E-state index in [9.17, 15) is 0 Å². The van der Waals surface area contributed by atoms with E-state index in [0.29, 0.717) is 20.5 Å². The van der Waals surface area contributed by atoms with Gasteiger partial charge in [0.05, 0.1) is 5.50 Å². The highest BCUT2D eigenvalue weighted by atomic mass is 16.5. The van der Waals surface area contributed by atoms with Gasteiger partial charge >= 0.3 is 22.6 Å². The number of rotatable bonds is 8. The third-order valence-corrected chi connectivity index (χ3v) is 2.58. The minimum Gasteiger partial charge on any atom is -0.452 e. The average Bonchev–Trinajstić information content (AvgIpc) is 2.26. The fourth-order valence-corrected chi connectivity index (χ4v) is 0.779. The molecule has 0 aromatic rings. The maximum atomic E-state index is 9.02. The molecule has 0 bridgehead atoms. The maximum absolute atomic E-state index is 9.02. The lowest BCUT2D eigenvalue weighted by molar-refractivity contribution is 0.0955. The first-order valence-corrected chi connectivity index (χ1v) is 5.09. The van der Waals surface area contributed by atoms with Gasteiger partial charge < -0.3 is 19.4 Å². The first-order valence-electron chi connectivity index (χ1n) is 5.09. The van der Waals surface area contributed by atoms with Crippen LogP contribution in [0.2, 0.25) is 0 Å². The quantitative estimate of drug-likeness (QED) is 0.555. The summed E-state index contributed by atoms with van der Waals surface area (Å²) >= 11 is 0. The molecular weight excluding hydrogens is 193 g/mol. The molecule has 2 atom stereocenters. The molecule has 0 amide bonds. The van der Waals surface area contributed by atoms with Gasteiger partial charge in [0.2, 0.25) is 0 Å². The van der Waals surface area contributed by atoms with E-state index < -0.39 is 11.0 Å². The second kappa shape index (κ2) is 6.58. The van der Waals surface area contributed by atoms with E-state index in [0.717, 1.165) is 7.48 Å². The summed E-state index contributed by atoms with van der Waals surface area (Å²) in [6.45, 7) is 7.37. The summed E-state index contributed by atoms with van der Waals surface area (Å²) in [5.41, 5.74) is -1.40. The van der Waals surface area contributed by atoms with E-state index in [1.807, 2.05) is 13.8 Å². The van der Waals surface area contributed by atoms with Crippen molar-refractivity contribution < 1.29 is 19.4 Å². The molecule has 0 aromatic carbocycles. The second-order valence-electron chi connectivity index (χ2n) is 3.92. The van der Waals surface area contributed by atoms with Crippen LogP contribution in [0.3, 0.4) is 0 Å². The molecule has 7 heteroatoms. The molecule has 0 fully saturated rings. The van der Waals surface area contributed by atoms with Crippen molar-refractivity contribution in [3.8, 4) is 0 Å². The number of hydrogen-bond acceptors (Lipinski definition) is 4. The first kappa shape index (κ1) is 15.0. The van der Waals surface area contributed by atoms with Gasteiger partial charge in [-0.25, -0.2) is 0 Å². The zero-order chi connectivity index (χ0) is 11.9. The van der Waals surface area contributed by atoms with Crippen molar-refractivity contribution in [3.63, 3.8) is 0 Å². The average molecular weight is 211 g/mol.